The monoisotopic (exact) mass is 250 g/mol. The van der Waals surface area contributed by atoms with Crippen LogP contribution in [-0.2, 0) is 13.6 Å². The molecule has 18 heavy (non-hydrogen) atoms. The number of aromatic nitrogens is 3. The second-order valence-corrected chi connectivity index (χ2v) is 4.86. The van der Waals surface area contributed by atoms with Crippen LogP contribution in [0.1, 0.15) is 25.1 Å². The minimum atomic E-state index is 0.708. The first-order valence-electron chi connectivity index (χ1n) is 6.45. The molecular weight excluding hydrogens is 228 g/mol. The van der Waals surface area contributed by atoms with Crippen LogP contribution in [0.4, 0.5) is 0 Å². The van der Waals surface area contributed by atoms with E-state index in [0.29, 0.717) is 6.54 Å². The Labute approximate surface area is 108 Å². The lowest BCUT2D eigenvalue weighted by Gasteiger charge is -2.21. The molecule has 1 N–H and O–H groups in total. The van der Waals surface area contributed by atoms with Crippen molar-refractivity contribution in [1.82, 2.24) is 25.0 Å². The summed E-state index contributed by atoms with van der Waals surface area (Å²) in [5.41, 5.74) is 0. The Bertz CT molecular complexity index is 406. The average Bonchev–Trinajstić information content (AvgIpc) is 3.09. The van der Waals surface area contributed by atoms with Crippen LogP contribution in [0.15, 0.2) is 11.3 Å². The number of aryl methyl sites for hydroxylation is 1. The molecule has 1 fully saturated rings. The predicted molar refractivity (Wildman–Crippen MR) is 71.2 cm³/mol. The number of hydrogen-bond donors (Lipinski definition) is 1. The van der Waals surface area contributed by atoms with E-state index in [1.165, 1.54) is 19.3 Å². The van der Waals surface area contributed by atoms with Gasteiger partial charge in [0.15, 0.2) is 5.96 Å². The standard InChI is InChI=1S/C12H22N6/c1-13-12(14-7-6-10-4-5-10)17(2)8-11-15-9-16-18(11)3/h9-10H,4-8H2,1-3H3,(H,13,14). The zero-order valence-corrected chi connectivity index (χ0v) is 11.4. The Morgan fingerprint density at radius 1 is 1.61 bits per heavy atom. The van der Waals surface area contributed by atoms with E-state index in [2.05, 4.69) is 25.3 Å². The molecule has 6 nitrogen and oxygen atoms in total. The van der Waals surface area contributed by atoms with Gasteiger partial charge in [0, 0.05) is 27.7 Å². The van der Waals surface area contributed by atoms with Crippen molar-refractivity contribution in [2.75, 3.05) is 20.6 Å². The zero-order valence-electron chi connectivity index (χ0n) is 11.4. The van der Waals surface area contributed by atoms with Crippen molar-refractivity contribution in [2.24, 2.45) is 18.0 Å². The maximum absolute atomic E-state index is 4.29. The molecule has 0 amide bonds. The molecule has 1 aliphatic carbocycles. The number of aliphatic imine (C=N–C) groups is 1. The zero-order chi connectivity index (χ0) is 13.0. The number of nitrogens with one attached hydrogen (secondary N) is 1. The van der Waals surface area contributed by atoms with Crippen molar-refractivity contribution in [3.8, 4) is 0 Å². The maximum atomic E-state index is 4.29. The summed E-state index contributed by atoms with van der Waals surface area (Å²) in [6.07, 6.45) is 5.62. The summed E-state index contributed by atoms with van der Waals surface area (Å²) >= 11 is 0. The minimum Gasteiger partial charge on any atom is -0.356 e. The molecule has 0 aliphatic heterocycles. The van der Waals surface area contributed by atoms with Crippen LogP contribution in [0.5, 0.6) is 0 Å². The van der Waals surface area contributed by atoms with Gasteiger partial charge < -0.3 is 10.2 Å². The summed E-state index contributed by atoms with van der Waals surface area (Å²) in [5, 5.41) is 7.46. The molecule has 1 saturated carbocycles. The third-order valence-electron chi connectivity index (χ3n) is 3.29. The lowest BCUT2D eigenvalue weighted by atomic mass is 10.3. The van der Waals surface area contributed by atoms with E-state index in [-0.39, 0.29) is 0 Å². The highest BCUT2D eigenvalue weighted by Crippen LogP contribution is 2.31. The molecular formula is C12H22N6. The van der Waals surface area contributed by atoms with Gasteiger partial charge in [0.25, 0.3) is 0 Å². The molecule has 0 aromatic carbocycles. The topological polar surface area (TPSA) is 58.3 Å². The van der Waals surface area contributed by atoms with E-state index >= 15 is 0 Å². The van der Waals surface area contributed by atoms with Gasteiger partial charge >= 0.3 is 0 Å². The summed E-state index contributed by atoms with van der Waals surface area (Å²) in [5.74, 6) is 2.79. The summed E-state index contributed by atoms with van der Waals surface area (Å²) in [4.78, 5) is 10.6. The quantitative estimate of drug-likeness (QED) is 0.615. The normalized spacial score (nSPS) is 15.8. The van der Waals surface area contributed by atoms with E-state index in [4.69, 9.17) is 0 Å². The number of rotatable bonds is 5. The van der Waals surface area contributed by atoms with E-state index in [1.54, 1.807) is 11.0 Å². The van der Waals surface area contributed by atoms with Crippen molar-refractivity contribution in [1.29, 1.82) is 0 Å². The molecule has 1 aliphatic rings. The smallest absolute Gasteiger partial charge is 0.193 e. The van der Waals surface area contributed by atoms with Gasteiger partial charge in [0.05, 0.1) is 6.54 Å². The Kier molecular flexibility index (Phi) is 4.17. The largest absolute Gasteiger partial charge is 0.356 e. The average molecular weight is 250 g/mol. The molecule has 2 rings (SSSR count). The summed E-state index contributed by atoms with van der Waals surface area (Å²) in [7, 11) is 5.73. The second kappa shape index (κ2) is 5.84. The highest BCUT2D eigenvalue weighted by Gasteiger charge is 2.20. The summed E-state index contributed by atoms with van der Waals surface area (Å²) < 4.78 is 1.79. The summed E-state index contributed by atoms with van der Waals surface area (Å²) in [6, 6.07) is 0. The van der Waals surface area contributed by atoms with E-state index in [0.717, 1.165) is 24.2 Å². The fourth-order valence-electron chi connectivity index (χ4n) is 1.93. The third-order valence-corrected chi connectivity index (χ3v) is 3.29. The molecule has 100 valence electrons. The molecule has 0 unspecified atom stereocenters. The molecule has 1 heterocycles. The molecule has 1 aromatic rings. The van der Waals surface area contributed by atoms with Crippen LogP contribution in [0.2, 0.25) is 0 Å². The number of nitrogens with zero attached hydrogens (tertiary/aromatic N) is 5. The molecule has 1 aromatic heterocycles. The van der Waals surface area contributed by atoms with Crippen LogP contribution in [0, 0.1) is 5.92 Å². The Balaban J connectivity index is 1.81. The highest BCUT2D eigenvalue weighted by molar-refractivity contribution is 5.79. The fraction of sp³-hybridized carbons (Fsp3) is 0.750. The Hall–Kier alpha value is -1.59. The van der Waals surface area contributed by atoms with Gasteiger partial charge in [-0.05, 0) is 12.3 Å². The van der Waals surface area contributed by atoms with Gasteiger partial charge in [-0.25, -0.2) is 4.98 Å². The molecule has 0 spiro atoms. The Morgan fingerprint density at radius 3 is 2.94 bits per heavy atom. The van der Waals surface area contributed by atoms with Crippen LogP contribution in [0.25, 0.3) is 0 Å². The van der Waals surface area contributed by atoms with Crippen molar-refractivity contribution in [2.45, 2.75) is 25.8 Å². The number of guanidine groups is 1. The number of hydrogen-bond acceptors (Lipinski definition) is 3. The van der Waals surface area contributed by atoms with Crippen LogP contribution >= 0.6 is 0 Å². The maximum Gasteiger partial charge on any atom is 0.193 e. The Morgan fingerprint density at radius 2 is 2.39 bits per heavy atom. The molecule has 0 bridgehead atoms. The minimum absolute atomic E-state index is 0.708. The van der Waals surface area contributed by atoms with Crippen LogP contribution < -0.4 is 5.32 Å². The highest BCUT2D eigenvalue weighted by atomic mass is 15.4. The first-order valence-corrected chi connectivity index (χ1v) is 6.45. The van der Waals surface area contributed by atoms with Gasteiger partial charge in [0.2, 0.25) is 0 Å². The van der Waals surface area contributed by atoms with Crippen LogP contribution in [-0.4, -0.2) is 46.3 Å². The van der Waals surface area contributed by atoms with Crippen molar-refractivity contribution in [3.63, 3.8) is 0 Å². The van der Waals surface area contributed by atoms with Gasteiger partial charge in [-0.15, -0.1) is 0 Å². The van der Waals surface area contributed by atoms with Crippen molar-refractivity contribution < 1.29 is 0 Å². The van der Waals surface area contributed by atoms with Gasteiger partial charge in [-0.1, -0.05) is 12.8 Å². The molecule has 0 atom stereocenters. The SMILES string of the molecule is CN=C(NCCC1CC1)N(C)Cc1ncnn1C. The van der Waals surface area contributed by atoms with Gasteiger partial charge in [-0.2, -0.15) is 5.10 Å². The lowest BCUT2D eigenvalue weighted by molar-refractivity contribution is 0.447. The van der Waals surface area contributed by atoms with Crippen molar-refractivity contribution >= 4 is 5.96 Å². The first kappa shape index (κ1) is 12.9. The van der Waals surface area contributed by atoms with Gasteiger partial charge in [0.1, 0.15) is 12.2 Å². The van der Waals surface area contributed by atoms with E-state index in [1.807, 2.05) is 21.1 Å². The van der Waals surface area contributed by atoms with Crippen LogP contribution in [0.3, 0.4) is 0 Å². The molecule has 0 radical (unpaired) electrons. The second-order valence-electron chi connectivity index (χ2n) is 4.86. The first-order chi connectivity index (χ1) is 8.70. The molecule has 0 saturated heterocycles. The van der Waals surface area contributed by atoms with Gasteiger partial charge in [-0.3, -0.25) is 9.67 Å². The third kappa shape index (κ3) is 3.45. The molecule has 6 heteroatoms. The van der Waals surface area contributed by atoms with E-state index in [9.17, 15) is 0 Å². The fourth-order valence-corrected chi connectivity index (χ4v) is 1.93. The summed E-state index contributed by atoms with van der Waals surface area (Å²) in [6.45, 7) is 1.71. The predicted octanol–water partition coefficient (Wildman–Crippen LogP) is 0.622. The van der Waals surface area contributed by atoms with E-state index < -0.39 is 0 Å². The lowest BCUT2D eigenvalue weighted by Crippen LogP contribution is -2.39. The van der Waals surface area contributed by atoms with Crippen molar-refractivity contribution in [3.05, 3.63) is 12.2 Å².